The lowest BCUT2D eigenvalue weighted by Crippen LogP contribution is -2.53. The summed E-state index contributed by atoms with van der Waals surface area (Å²) < 4.78 is 1.87. The molecule has 1 aromatic carbocycles. The zero-order valence-corrected chi connectivity index (χ0v) is 15.9. The van der Waals surface area contributed by atoms with Crippen molar-refractivity contribution in [1.82, 2.24) is 24.1 Å². The Labute approximate surface area is 163 Å². The van der Waals surface area contributed by atoms with Crippen LogP contribution in [0, 0.1) is 0 Å². The Bertz CT molecular complexity index is 977. The first-order chi connectivity index (χ1) is 13.6. The summed E-state index contributed by atoms with van der Waals surface area (Å²) in [6.45, 7) is 2.71. The molecule has 28 heavy (non-hydrogen) atoms. The van der Waals surface area contributed by atoms with Crippen LogP contribution in [0.2, 0.25) is 0 Å². The summed E-state index contributed by atoms with van der Waals surface area (Å²) in [4.78, 5) is 35.1. The summed E-state index contributed by atoms with van der Waals surface area (Å²) in [5.41, 5.74) is 2.48. The van der Waals surface area contributed by atoms with Gasteiger partial charge in [-0.15, -0.1) is 0 Å². The predicted molar refractivity (Wildman–Crippen MR) is 106 cm³/mol. The van der Waals surface area contributed by atoms with Crippen LogP contribution in [0.3, 0.4) is 0 Å². The van der Waals surface area contributed by atoms with Gasteiger partial charge in [0.05, 0.1) is 0 Å². The molecule has 144 valence electrons. The second-order valence-electron chi connectivity index (χ2n) is 7.01. The van der Waals surface area contributed by atoms with Crippen molar-refractivity contribution >= 4 is 17.6 Å². The fraction of sp³-hybridized carbons (Fsp3) is 0.286. The van der Waals surface area contributed by atoms with Crippen LogP contribution in [-0.2, 0) is 6.54 Å². The molecule has 7 nitrogen and oxygen atoms in total. The largest absolute Gasteiger partial charge is 0.335 e. The minimum absolute atomic E-state index is 0.00485. The van der Waals surface area contributed by atoms with Gasteiger partial charge >= 0.3 is 6.03 Å². The van der Waals surface area contributed by atoms with Crippen molar-refractivity contribution in [2.45, 2.75) is 6.54 Å². The van der Waals surface area contributed by atoms with E-state index < -0.39 is 0 Å². The maximum Gasteiger partial charge on any atom is 0.320 e. The Hall–Kier alpha value is -3.35. The molecule has 0 radical (unpaired) electrons. The highest BCUT2D eigenvalue weighted by Gasteiger charge is 2.26. The number of hydrogen-bond acceptors (Lipinski definition) is 3. The number of piperazine rings is 1. The van der Waals surface area contributed by atoms with Crippen molar-refractivity contribution in [2.75, 3.05) is 33.2 Å². The Morgan fingerprint density at radius 1 is 1.00 bits per heavy atom. The fourth-order valence-corrected chi connectivity index (χ4v) is 3.49. The minimum Gasteiger partial charge on any atom is -0.335 e. The highest BCUT2D eigenvalue weighted by molar-refractivity contribution is 5.95. The number of pyridine rings is 1. The molecule has 3 heterocycles. The van der Waals surface area contributed by atoms with Gasteiger partial charge in [0.2, 0.25) is 0 Å². The third-order valence-electron chi connectivity index (χ3n) is 5.07. The molecule has 2 aromatic heterocycles. The summed E-state index contributed by atoms with van der Waals surface area (Å²) in [7, 11) is 1.81. The number of fused-ring (bicyclic) bond motifs is 1. The number of carbonyl (C=O) groups excluding carboxylic acids is 2. The number of nitrogens with zero attached hydrogens (tertiary/aromatic N) is 5. The lowest BCUT2D eigenvalue weighted by molar-refractivity contribution is 0.0644. The first-order valence-electron chi connectivity index (χ1n) is 9.38. The summed E-state index contributed by atoms with van der Waals surface area (Å²) in [6.07, 6.45) is 5.40. The summed E-state index contributed by atoms with van der Waals surface area (Å²) in [5, 5.41) is 0. The van der Waals surface area contributed by atoms with Gasteiger partial charge in [0.25, 0.3) is 5.91 Å². The lowest BCUT2D eigenvalue weighted by atomic mass is 10.2. The summed E-state index contributed by atoms with van der Waals surface area (Å²) >= 11 is 0. The van der Waals surface area contributed by atoms with Gasteiger partial charge in [-0.1, -0.05) is 30.3 Å². The average Bonchev–Trinajstić information content (AvgIpc) is 3.21. The van der Waals surface area contributed by atoms with Crippen molar-refractivity contribution in [3.63, 3.8) is 0 Å². The van der Waals surface area contributed by atoms with Crippen molar-refractivity contribution in [3.8, 4) is 0 Å². The number of hydrogen-bond donors (Lipinski definition) is 0. The van der Waals surface area contributed by atoms with Crippen LogP contribution >= 0.6 is 0 Å². The molecule has 3 aromatic rings. The fourth-order valence-electron chi connectivity index (χ4n) is 3.49. The normalized spacial score (nSPS) is 14.3. The molecule has 1 aliphatic rings. The highest BCUT2D eigenvalue weighted by Crippen LogP contribution is 2.13. The summed E-state index contributed by atoms with van der Waals surface area (Å²) in [6, 6.07) is 13.5. The second-order valence-corrected chi connectivity index (χ2v) is 7.01. The SMILES string of the molecule is CN(Cc1ccccc1)C(=O)N1CCN(C(=O)c2ccn3ccnc3c2)CC1. The van der Waals surface area contributed by atoms with E-state index in [0.29, 0.717) is 38.3 Å². The minimum atomic E-state index is -0.0183. The number of rotatable bonds is 3. The molecule has 7 heteroatoms. The third-order valence-corrected chi connectivity index (χ3v) is 5.07. The maximum absolute atomic E-state index is 12.8. The van der Waals surface area contributed by atoms with E-state index in [0.717, 1.165) is 11.2 Å². The molecule has 3 amide bonds. The Balaban J connectivity index is 1.34. The number of aromatic nitrogens is 2. The van der Waals surface area contributed by atoms with Crippen LogP contribution in [-0.4, -0.2) is 69.2 Å². The molecule has 0 unspecified atom stereocenters. The van der Waals surface area contributed by atoms with Crippen LogP contribution in [0.1, 0.15) is 15.9 Å². The van der Waals surface area contributed by atoms with E-state index in [2.05, 4.69) is 4.98 Å². The van der Waals surface area contributed by atoms with Gasteiger partial charge in [-0.25, -0.2) is 9.78 Å². The average molecular weight is 377 g/mol. The maximum atomic E-state index is 12.8. The molecule has 0 spiro atoms. The first kappa shape index (κ1) is 18.0. The van der Waals surface area contributed by atoms with Gasteiger partial charge < -0.3 is 19.1 Å². The van der Waals surface area contributed by atoms with Gasteiger partial charge in [-0.05, 0) is 17.7 Å². The van der Waals surface area contributed by atoms with Crippen molar-refractivity contribution in [3.05, 3.63) is 72.2 Å². The molecule has 1 fully saturated rings. The molecule has 1 aliphatic heterocycles. The standard InChI is InChI=1S/C21H23N5O2/c1-23(16-17-5-3-2-4-6-17)21(28)26-13-11-25(12-14-26)20(27)18-7-9-24-10-8-22-19(24)15-18/h2-10,15H,11-14,16H2,1H3. The van der Waals surface area contributed by atoms with E-state index >= 15 is 0 Å². The van der Waals surface area contributed by atoms with Crippen LogP contribution in [0.15, 0.2) is 61.1 Å². The monoisotopic (exact) mass is 377 g/mol. The van der Waals surface area contributed by atoms with Gasteiger partial charge in [0.1, 0.15) is 5.65 Å². The van der Waals surface area contributed by atoms with E-state index in [9.17, 15) is 9.59 Å². The van der Waals surface area contributed by atoms with Crippen molar-refractivity contribution < 1.29 is 9.59 Å². The lowest BCUT2D eigenvalue weighted by Gasteiger charge is -2.36. The quantitative estimate of drug-likeness (QED) is 0.704. The van der Waals surface area contributed by atoms with Crippen LogP contribution < -0.4 is 0 Å². The van der Waals surface area contributed by atoms with Crippen molar-refractivity contribution in [2.24, 2.45) is 0 Å². The van der Waals surface area contributed by atoms with Gasteiger partial charge in [-0.3, -0.25) is 4.79 Å². The topological polar surface area (TPSA) is 61.2 Å². The third kappa shape index (κ3) is 3.69. The van der Waals surface area contributed by atoms with Crippen molar-refractivity contribution in [1.29, 1.82) is 0 Å². The smallest absolute Gasteiger partial charge is 0.320 e. The molecule has 0 N–H and O–H groups in total. The molecule has 0 saturated carbocycles. The van der Waals surface area contributed by atoms with E-state index in [1.165, 1.54) is 0 Å². The van der Waals surface area contributed by atoms with E-state index in [1.54, 1.807) is 22.1 Å². The summed E-state index contributed by atoms with van der Waals surface area (Å²) in [5.74, 6) is -0.0183. The van der Waals surface area contributed by atoms with Crippen LogP contribution in [0.5, 0.6) is 0 Å². The number of imidazole rings is 1. The number of amides is 3. The Morgan fingerprint density at radius 3 is 2.46 bits per heavy atom. The number of benzene rings is 1. The Morgan fingerprint density at radius 2 is 1.71 bits per heavy atom. The molecule has 0 aliphatic carbocycles. The zero-order valence-electron chi connectivity index (χ0n) is 15.9. The number of carbonyl (C=O) groups is 2. The Kier molecular flexibility index (Phi) is 4.97. The van der Waals surface area contributed by atoms with Gasteiger partial charge in [0, 0.05) is 63.9 Å². The molecular formula is C21H23N5O2. The van der Waals surface area contributed by atoms with E-state index in [-0.39, 0.29) is 11.9 Å². The second kappa shape index (κ2) is 7.72. The van der Waals surface area contributed by atoms with Gasteiger partial charge in [0.15, 0.2) is 0 Å². The molecule has 0 atom stereocenters. The van der Waals surface area contributed by atoms with E-state index in [4.69, 9.17) is 0 Å². The van der Waals surface area contributed by atoms with Gasteiger partial charge in [-0.2, -0.15) is 0 Å². The zero-order chi connectivity index (χ0) is 19.5. The van der Waals surface area contributed by atoms with E-state index in [1.807, 2.05) is 65.1 Å². The molecule has 1 saturated heterocycles. The molecular weight excluding hydrogens is 354 g/mol. The molecule has 4 rings (SSSR count). The predicted octanol–water partition coefficient (Wildman–Crippen LogP) is 2.34. The van der Waals surface area contributed by atoms with Crippen LogP contribution in [0.4, 0.5) is 4.79 Å². The number of urea groups is 1. The van der Waals surface area contributed by atoms with Crippen LogP contribution in [0.25, 0.3) is 5.65 Å². The highest BCUT2D eigenvalue weighted by atomic mass is 16.2. The molecule has 0 bridgehead atoms. The first-order valence-corrected chi connectivity index (χ1v) is 9.38.